The number of unbranched alkanes of at least 4 members (excludes halogenated alkanes) is 2. The van der Waals surface area contributed by atoms with Gasteiger partial charge >= 0.3 is 5.97 Å². The second kappa shape index (κ2) is 11.6. The predicted molar refractivity (Wildman–Crippen MR) is 75.6 cm³/mol. The summed E-state index contributed by atoms with van der Waals surface area (Å²) in [7, 11) is 0. The van der Waals surface area contributed by atoms with E-state index in [2.05, 4.69) is 13.5 Å². The summed E-state index contributed by atoms with van der Waals surface area (Å²) >= 11 is 4.76. The van der Waals surface area contributed by atoms with E-state index in [0.717, 1.165) is 19.3 Å². The maximum absolute atomic E-state index is 10.8. The van der Waals surface area contributed by atoms with Crippen molar-refractivity contribution in [2.75, 3.05) is 6.61 Å². The van der Waals surface area contributed by atoms with Crippen LogP contribution < -0.4 is 4.89 Å². The van der Waals surface area contributed by atoms with Crippen LogP contribution in [0.5, 0.6) is 5.75 Å². The highest BCUT2D eigenvalue weighted by Gasteiger charge is 2.10. The highest BCUT2D eigenvalue weighted by molar-refractivity contribution is 6.25. The molecular formula is C14H19ClO4. The Hall–Kier alpha value is -1.52. The number of carboxylic acid groups (broad SMARTS) is 1. The number of carbonyl (C=O) groups is 1. The normalized spacial score (nSPS) is 9.16. The van der Waals surface area contributed by atoms with E-state index >= 15 is 0 Å². The molecule has 0 bridgehead atoms. The summed E-state index contributed by atoms with van der Waals surface area (Å²) < 4.78 is 0. The highest BCUT2D eigenvalue weighted by atomic mass is 35.5. The summed E-state index contributed by atoms with van der Waals surface area (Å²) in [6.07, 6.45) is 3.09. The molecule has 106 valence electrons. The van der Waals surface area contributed by atoms with Crippen molar-refractivity contribution in [1.29, 1.82) is 0 Å². The average Bonchev–Trinajstić information content (AvgIpc) is 2.40. The second-order valence-corrected chi connectivity index (χ2v) is 3.88. The summed E-state index contributed by atoms with van der Waals surface area (Å²) in [4.78, 5) is 20.7. The van der Waals surface area contributed by atoms with Crippen LogP contribution in [0.3, 0.4) is 0 Å². The van der Waals surface area contributed by atoms with Crippen LogP contribution in [0.15, 0.2) is 36.4 Å². The Bertz CT molecular complexity index is 379. The molecule has 0 amide bonds. The van der Waals surface area contributed by atoms with E-state index in [1.54, 1.807) is 18.2 Å². The van der Waals surface area contributed by atoms with E-state index in [1.807, 2.05) is 0 Å². The number of para-hydroxylation sites is 1. The monoisotopic (exact) mass is 286 g/mol. The Morgan fingerprint density at radius 1 is 1.42 bits per heavy atom. The molecule has 0 saturated heterocycles. The van der Waals surface area contributed by atoms with E-state index < -0.39 is 5.97 Å². The Morgan fingerprint density at radius 3 is 2.63 bits per heavy atom. The molecule has 0 aromatic heterocycles. The molecule has 0 radical (unpaired) electrons. The highest BCUT2D eigenvalue weighted by Crippen LogP contribution is 2.17. The number of halogens is 1. The van der Waals surface area contributed by atoms with Gasteiger partial charge < -0.3 is 9.99 Å². The smallest absolute Gasteiger partial charge is 0.339 e. The van der Waals surface area contributed by atoms with Crippen LogP contribution in [0.25, 0.3) is 0 Å². The Morgan fingerprint density at radius 2 is 2.05 bits per heavy atom. The zero-order chi connectivity index (χ0) is 14.5. The van der Waals surface area contributed by atoms with Crippen LogP contribution in [0, 0.1) is 0 Å². The van der Waals surface area contributed by atoms with Crippen LogP contribution in [-0.4, -0.2) is 17.7 Å². The molecule has 0 atom stereocenters. The number of rotatable bonds is 7. The lowest BCUT2D eigenvalue weighted by molar-refractivity contribution is -0.207. The third kappa shape index (κ3) is 8.24. The lowest BCUT2D eigenvalue weighted by atomic mass is 10.2. The van der Waals surface area contributed by atoms with Gasteiger partial charge in [0.05, 0.1) is 6.61 Å². The van der Waals surface area contributed by atoms with Crippen LogP contribution >= 0.6 is 11.6 Å². The molecule has 1 rings (SSSR count). The molecule has 19 heavy (non-hydrogen) atoms. The van der Waals surface area contributed by atoms with Crippen molar-refractivity contribution in [3.63, 3.8) is 0 Å². The van der Waals surface area contributed by atoms with Crippen molar-refractivity contribution in [1.82, 2.24) is 0 Å². The Balaban J connectivity index is 0.000000982. The van der Waals surface area contributed by atoms with Gasteiger partial charge in [-0.1, -0.05) is 50.1 Å². The lowest BCUT2D eigenvalue weighted by Crippen LogP contribution is -2.04. The first-order valence-electron chi connectivity index (χ1n) is 6.00. The maximum atomic E-state index is 10.8. The second-order valence-electron chi connectivity index (χ2n) is 3.57. The molecule has 1 aromatic rings. The van der Waals surface area contributed by atoms with Gasteiger partial charge in [0.1, 0.15) is 5.56 Å². The molecule has 1 aromatic carbocycles. The summed E-state index contributed by atoms with van der Waals surface area (Å²) in [6, 6.07) is 6.40. The quantitative estimate of drug-likeness (QED) is 0.462. The maximum Gasteiger partial charge on any atom is 0.339 e. The minimum atomic E-state index is -1.02. The fraction of sp³-hybridized carbons (Fsp3) is 0.357. The molecule has 0 unspecified atom stereocenters. The molecule has 0 spiro atoms. The third-order valence-electron chi connectivity index (χ3n) is 2.10. The Kier molecular flexibility index (Phi) is 10.6. The minimum Gasteiger partial charge on any atom is -0.478 e. The fourth-order valence-corrected chi connectivity index (χ4v) is 1.23. The van der Waals surface area contributed by atoms with E-state index in [-0.39, 0.29) is 11.3 Å². The zero-order valence-corrected chi connectivity index (χ0v) is 11.7. The number of benzene rings is 1. The van der Waals surface area contributed by atoms with Crippen molar-refractivity contribution in [3.8, 4) is 5.75 Å². The number of aromatic carboxylic acids is 1. The van der Waals surface area contributed by atoms with Gasteiger partial charge in [-0.3, -0.25) is 0 Å². The predicted octanol–water partition coefficient (Wildman–Crippen LogP) is 4.25. The Labute approximate surface area is 118 Å². The molecule has 0 heterocycles. The molecule has 0 aliphatic carbocycles. The van der Waals surface area contributed by atoms with Gasteiger partial charge in [-0.15, -0.1) is 0 Å². The molecule has 5 heteroatoms. The van der Waals surface area contributed by atoms with Crippen LogP contribution in [0.4, 0.5) is 0 Å². The molecule has 0 fully saturated rings. The van der Waals surface area contributed by atoms with Crippen molar-refractivity contribution < 1.29 is 19.7 Å². The van der Waals surface area contributed by atoms with Crippen molar-refractivity contribution in [2.45, 2.75) is 26.2 Å². The third-order valence-corrected chi connectivity index (χ3v) is 2.10. The van der Waals surface area contributed by atoms with Crippen LogP contribution in [0.1, 0.15) is 36.5 Å². The summed E-state index contributed by atoms with van der Waals surface area (Å²) in [6.45, 7) is 5.70. The van der Waals surface area contributed by atoms with Gasteiger partial charge in [0.2, 0.25) is 0 Å². The summed E-state index contributed by atoms with van der Waals surface area (Å²) in [5.74, 6) is -0.778. The minimum absolute atomic E-state index is 0.109. The standard InChI is InChI=1S/C12H16O4.C2H3Cl/c1-2-3-6-9-15-16-11-8-5-4-7-10(11)12(13)14;1-2-3/h4-5,7-8H,2-3,6,9H2,1H3,(H,13,14);2H,1H2. The van der Waals surface area contributed by atoms with Gasteiger partial charge in [-0.25, -0.2) is 4.79 Å². The average molecular weight is 287 g/mol. The first-order valence-corrected chi connectivity index (χ1v) is 6.43. The number of hydrogen-bond donors (Lipinski definition) is 1. The van der Waals surface area contributed by atoms with Crippen LogP contribution in [-0.2, 0) is 4.89 Å². The van der Waals surface area contributed by atoms with E-state index in [1.165, 1.54) is 11.6 Å². The van der Waals surface area contributed by atoms with Gasteiger partial charge in [0.25, 0.3) is 0 Å². The number of carboxylic acids is 1. The van der Waals surface area contributed by atoms with Crippen molar-refractivity contribution in [2.24, 2.45) is 0 Å². The first-order chi connectivity index (χ1) is 9.17. The van der Waals surface area contributed by atoms with Crippen molar-refractivity contribution in [3.05, 3.63) is 41.9 Å². The number of hydrogen-bond acceptors (Lipinski definition) is 3. The van der Waals surface area contributed by atoms with Gasteiger partial charge in [-0.05, 0) is 24.1 Å². The molecule has 0 aliphatic heterocycles. The van der Waals surface area contributed by atoms with E-state index in [0.29, 0.717) is 6.61 Å². The van der Waals surface area contributed by atoms with E-state index in [9.17, 15) is 4.79 Å². The molecule has 0 aliphatic rings. The van der Waals surface area contributed by atoms with Crippen molar-refractivity contribution >= 4 is 17.6 Å². The SMILES string of the molecule is C=CCl.CCCCCOOc1ccccc1C(=O)O. The largest absolute Gasteiger partial charge is 0.478 e. The van der Waals surface area contributed by atoms with Gasteiger partial charge in [0.15, 0.2) is 5.75 Å². The summed E-state index contributed by atoms with van der Waals surface area (Å²) in [5.41, 5.74) is 1.33. The summed E-state index contributed by atoms with van der Waals surface area (Å²) in [5, 5.41) is 8.87. The first kappa shape index (κ1) is 17.5. The van der Waals surface area contributed by atoms with Gasteiger partial charge in [-0.2, -0.15) is 4.89 Å². The molecular weight excluding hydrogens is 268 g/mol. The van der Waals surface area contributed by atoms with Gasteiger partial charge in [0, 0.05) is 0 Å². The molecule has 4 nitrogen and oxygen atoms in total. The van der Waals surface area contributed by atoms with Crippen LogP contribution in [0.2, 0.25) is 0 Å². The zero-order valence-electron chi connectivity index (χ0n) is 11.0. The fourth-order valence-electron chi connectivity index (χ4n) is 1.23. The topological polar surface area (TPSA) is 55.8 Å². The molecule has 0 saturated carbocycles. The van der Waals surface area contributed by atoms with E-state index in [4.69, 9.17) is 26.5 Å². The molecule has 1 N–H and O–H groups in total. The lowest BCUT2D eigenvalue weighted by Gasteiger charge is -2.06.